The molecule has 0 spiro atoms. The van der Waals surface area contributed by atoms with Crippen molar-refractivity contribution in [3.05, 3.63) is 40.7 Å². The maximum absolute atomic E-state index is 13.3. The molecule has 1 atom stereocenters. The van der Waals surface area contributed by atoms with Crippen LogP contribution in [0.4, 0.5) is 4.39 Å². The molecule has 2 aliphatic rings. The average Bonchev–Trinajstić information content (AvgIpc) is 2.99. The molecule has 8 heteroatoms. The van der Waals surface area contributed by atoms with Crippen molar-refractivity contribution in [2.45, 2.75) is 44.6 Å². The first-order chi connectivity index (χ1) is 15.5. The van der Waals surface area contributed by atoms with Crippen molar-refractivity contribution in [3.8, 4) is 0 Å². The van der Waals surface area contributed by atoms with Crippen molar-refractivity contribution in [2.24, 2.45) is 0 Å². The highest BCUT2D eigenvalue weighted by Crippen LogP contribution is 2.18. The Morgan fingerprint density at radius 1 is 1.16 bits per heavy atom. The van der Waals surface area contributed by atoms with Crippen LogP contribution in [0.15, 0.2) is 24.3 Å². The van der Waals surface area contributed by atoms with E-state index in [1.807, 2.05) is 4.90 Å². The standard InChI is InChI=1S/C24H33ClFN3O3/c25-21-17-19(6-8-22(21)26)7-9-23(31)29-14-10-24(32)28(15-16-29)13-4-3-12-27-11-2-1-5-20(27)18-30/h6-9,17,20,30H,1-5,10-16,18H2. The molecule has 1 unspecified atom stereocenters. The Morgan fingerprint density at radius 2 is 1.97 bits per heavy atom. The largest absolute Gasteiger partial charge is 0.395 e. The molecule has 1 N–H and O–H groups in total. The summed E-state index contributed by atoms with van der Waals surface area (Å²) >= 11 is 5.78. The van der Waals surface area contributed by atoms with Crippen LogP contribution < -0.4 is 0 Å². The van der Waals surface area contributed by atoms with Gasteiger partial charge in [-0.25, -0.2) is 4.39 Å². The number of hydrogen-bond acceptors (Lipinski definition) is 4. The minimum Gasteiger partial charge on any atom is -0.395 e. The first kappa shape index (κ1) is 24.7. The smallest absolute Gasteiger partial charge is 0.246 e. The molecule has 0 radical (unpaired) electrons. The van der Waals surface area contributed by atoms with Gasteiger partial charge in [-0.05, 0) is 62.5 Å². The zero-order valence-corrected chi connectivity index (χ0v) is 19.3. The SMILES string of the molecule is O=C(C=Cc1ccc(F)c(Cl)c1)N1CCC(=O)N(CCCCN2CCCCC2CO)CC1. The summed E-state index contributed by atoms with van der Waals surface area (Å²) in [5.74, 6) is -0.577. The molecule has 0 aliphatic carbocycles. The highest BCUT2D eigenvalue weighted by Gasteiger charge is 2.23. The number of aliphatic hydroxyl groups is 1. The zero-order chi connectivity index (χ0) is 22.9. The van der Waals surface area contributed by atoms with E-state index in [4.69, 9.17) is 11.6 Å². The first-order valence-corrected chi connectivity index (χ1v) is 11.9. The number of likely N-dealkylation sites (tertiary alicyclic amines) is 1. The van der Waals surface area contributed by atoms with Crippen LogP contribution in [0.5, 0.6) is 0 Å². The molecule has 3 rings (SSSR count). The summed E-state index contributed by atoms with van der Waals surface area (Å²) in [5, 5.41) is 9.55. The van der Waals surface area contributed by atoms with Crippen molar-refractivity contribution in [2.75, 3.05) is 45.9 Å². The topological polar surface area (TPSA) is 64.1 Å². The minimum atomic E-state index is -0.495. The van der Waals surface area contributed by atoms with E-state index >= 15 is 0 Å². The third kappa shape index (κ3) is 7.02. The molecular formula is C24H33ClFN3O3. The average molecular weight is 466 g/mol. The van der Waals surface area contributed by atoms with Crippen LogP contribution in [0, 0.1) is 5.82 Å². The van der Waals surface area contributed by atoms with Crippen LogP contribution in [0.2, 0.25) is 5.02 Å². The molecule has 176 valence electrons. The molecule has 2 amide bonds. The fourth-order valence-corrected chi connectivity index (χ4v) is 4.58. The van der Waals surface area contributed by atoms with Gasteiger partial charge in [0.1, 0.15) is 5.82 Å². The van der Waals surface area contributed by atoms with Crippen molar-refractivity contribution < 1.29 is 19.1 Å². The van der Waals surface area contributed by atoms with Crippen LogP contribution in [-0.2, 0) is 9.59 Å². The second kappa shape index (κ2) is 12.3. The Labute approximate surface area is 194 Å². The number of nitrogens with zero attached hydrogens (tertiary/aromatic N) is 3. The fourth-order valence-electron chi connectivity index (χ4n) is 4.39. The van der Waals surface area contributed by atoms with Gasteiger partial charge in [-0.15, -0.1) is 0 Å². The van der Waals surface area contributed by atoms with E-state index in [1.165, 1.54) is 31.1 Å². The maximum atomic E-state index is 13.3. The lowest BCUT2D eigenvalue weighted by Gasteiger charge is -2.34. The monoisotopic (exact) mass is 465 g/mol. The number of piperidine rings is 1. The summed E-state index contributed by atoms with van der Waals surface area (Å²) < 4.78 is 13.3. The lowest BCUT2D eigenvalue weighted by atomic mass is 10.0. The van der Waals surface area contributed by atoms with Gasteiger partial charge in [0.25, 0.3) is 0 Å². The highest BCUT2D eigenvalue weighted by atomic mass is 35.5. The van der Waals surface area contributed by atoms with Crippen molar-refractivity contribution in [1.82, 2.24) is 14.7 Å². The summed E-state index contributed by atoms with van der Waals surface area (Å²) in [6.07, 6.45) is 8.72. The van der Waals surface area contributed by atoms with Gasteiger partial charge in [-0.1, -0.05) is 24.1 Å². The third-order valence-corrected chi connectivity index (χ3v) is 6.63. The second-order valence-corrected chi connectivity index (χ2v) is 8.95. The van der Waals surface area contributed by atoms with Gasteiger partial charge >= 0.3 is 0 Å². The summed E-state index contributed by atoms with van der Waals surface area (Å²) in [6, 6.07) is 4.58. The number of rotatable bonds is 8. The lowest BCUT2D eigenvalue weighted by molar-refractivity contribution is -0.130. The third-order valence-electron chi connectivity index (χ3n) is 6.34. The van der Waals surface area contributed by atoms with E-state index in [9.17, 15) is 19.1 Å². The number of hydrogen-bond donors (Lipinski definition) is 1. The minimum absolute atomic E-state index is 0.0165. The molecule has 2 heterocycles. The number of halogens is 2. The molecule has 1 aromatic carbocycles. The Balaban J connectivity index is 1.43. The number of carbonyl (C=O) groups is 2. The number of amides is 2. The Morgan fingerprint density at radius 3 is 2.75 bits per heavy atom. The van der Waals surface area contributed by atoms with Crippen LogP contribution in [0.3, 0.4) is 0 Å². The predicted octanol–water partition coefficient (Wildman–Crippen LogP) is 3.18. The summed E-state index contributed by atoms with van der Waals surface area (Å²) in [7, 11) is 0. The first-order valence-electron chi connectivity index (χ1n) is 11.5. The van der Waals surface area contributed by atoms with Gasteiger partial charge < -0.3 is 14.9 Å². The number of aliphatic hydroxyl groups excluding tert-OH is 1. The Hall–Kier alpha value is -1.96. The van der Waals surface area contributed by atoms with Crippen molar-refractivity contribution in [1.29, 1.82) is 0 Å². The number of carbonyl (C=O) groups excluding carboxylic acids is 2. The van der Waals surface area contributed by atoms with E-state index in [2.05, 4.69) is 4.90 Å². The number of unbranched alkanes of at least 4 members (excludes halogenated alkanes) is 1. The molecule has 32 heavy (non-hydrogen) atoms. The molecule has 2 fully saturated rings. The van der Waals surface area contributed by atoms with Crippen LogP contribution >= 0.6 is 11.6 Å². The van der Waals surface area contributed by atoms with Gasteiger partial charge in [-0.2, -0.15) is 0 Å². The molecule has 6 nitrogen and oxygen atoms in total. The van der Waals surface area contributed by atoms with Crippen LogP contribution in [0.25, 0.3) is 6.08 Å². The highest BCUT2D eigenvalue weighted by molar-refractivity contribution is 6.30. The summed E-state index contributed by atoms with van der Waals surface area (Å²) in [5.41, 5.74) is 0.648. The summed E-state index contributed by atoms with van der Waals surface area (Å²) in [6.45, 7) is 4.34. The van der Waals surface area contributed by atoms with Gasteiger partial charge in [0.15, 0.2) is 0 Å². The maximum Gasteiger partial charge on any atom is 0.246 e. The van der Waals surface area contributed by atoms with Gasteiger partial charge in [0, 0.05) is 44.7 Å². The van der Waals surface area contributed by atoms with Crippen molar-refractivity contribution in [3.63, 3.8) is 0 Å². The van der Waals surface area contributed by atoms with Crippen LogP contribution in [0.1, 0.15) is 44.1 Å². The van der Waals surface area contributed by atoms with Gasteiger partial charge in [0.05, 0.1) is 11.6 Å². The Bertz CT molecular complexity index is 820. The zero-order valence-electron chi connectivity index (χ0n) is 18.5. The molecule has 2 aliphatic heterocycles. The normalized spacial score (nSPS) is 20.7. The molecule has 0 aromatic heterocycles. The van der Waals surface area contributed by atoms with Gasteiger partial charge in [0.2, 0.25) is 11.8 Å². The molecule has 2 saturated heterocycles. The molecule has 0 bridgehead atoms. The van der Waals surface area contributed by atoms with Crippen molar-refractivity contribution >= 4 is 29.5 Å². The molecule has 1 aromatic rings. The van der Waals surface area contributed by atoms with E-state index in [0.29, 0.717) is 38.2 Å². The van der Waals surface area contributed by atoms with Gasteiger partial charge in [-0.3, -0.25) is 14.5 Å². The quantitative estimate of drug-likeness (QED) is 0.473. The van der Waals surface area contributed by atoms with Crippen LogP contribution in [-0.4, -0.2) is 83.5 Å². The Kier molecular flexibility index (Phi) is 9.51. The fraction of sp³-hybridized carbons (Fsp3) is 0.583. The second-order valence-electron chi connectivity index (χ2n) is 8.54. The lowest BCUT2D eigenvalue weighted by Crippen LogP contribution is -2.42. The van der Waals surface area contributed by atoms with E-state index in [0.717, 1.165) is 32.4 Å². The summed E-state index contributed by atoms with van der Waals surface area (Å²) in [4.78, 5) is 31.0. The predicted molar refractivity (Wildman–Crippen MR) is 124 cm³/mol. The van der Waals surface area contributed by atoms with E-state index in [-0.39, 0.29) is 29.5 Å². The molecule has 0 saturated carbocycles. The number of benzene rings is 1. The molecular weight excluding hydrogens is 433 g/mol. The van der Waals surface area contributed by atoms with E-state index in [1.54, 1.807) is 17.0 Å². The van der Waals surface area contributed by atoms with E-state index < -0.39 is 5.82 Å².